The van der Waals surface area contributed by atoms with Gasteiger partial charge in [0.1, 0.15) is 5.75 Å². The lowest BCUT2D eigenvalue weighted by Gasteiger charge is -2.15. The average molecular weight is 326 g/mol. The van der Waals surface area contributed by atoms with E-state index in [0.717, 1.165) is 12.1 Å². The topological polar surface area (TPSA) is 44.5 Å². The summed E-state index contributed by atoms with van der Waals surface area (Å²) >= 11 is 0. The van der Waals surface area contributed by atoms with Gasteiger partial charge in [-0.2, -0.15) is 0 Å². The molecule has 116 valence electrons. The maximum absolute atomic E-state index is 12.0. The summed E-state index contributed by atoms with van der Waals surface area (Å²) in [6.45, 7) is -0.904. The molecule has 0 bridgehead atoms. The van der Waals surface area contributed by atoms with E-state index in [9.17, 15) is 26.3 Å². The highest BCUT2D eigenvalue weighted by Gasteiger charge is 2.32. The van der Waals surface area contributed by atoms with Crippen LogP contribution in [0.5, 0.6) is 5.75 Å². The Kier molecular flexibility index (Phi) is 6.59. The van der Waals surface area contributed by atoms with Crippen LogP contribution in [0.1, 0.15) is 11.6 Å². The zero-order chi connectivity index (χ0) is 14.7. The third kappa shape index (κ3) is 7.41. The van der Waals surface area contributed by atoms with E-state index < -0.39 is 31.1 Å². The molecular weight excluding hydrogens is 316 g/mol. The lowest BCUT2D eigenvalue weighted by molar-refractivity contribution is -0.326. The fraction of sp³-hybridized carbons (Fsp3) is 0.400. The van der Waals surface area contributed by atoms with Crippen molar-refractivity contribution in [1.82, 2.24) is 0 Å². The number of benzene rings is 1. The van der Waals surface area contributed by atoms with Crippen molar-refractivity contribution in [2.24, 2.45) is 5.73 Å². The molecule has 0 radical (unpaired) electrons. The van der Waals surface area contributed by atoms with E-state index in [0.29, 0.717) is 0 Å². The minimum atomic E-state index is -4.88. The van der Waals surface area contributed by atoms with Gasteiger partial charge in [0.15, 0.2) is 0 Å². The average Bonchev–Trinajstić information content (AvgIpc) is 2.23. The first-order valence-electron chi connectivity index (χ1n) is 4.89. The molecule has 1 atom stereocenters. The molecule has 1 aromatic carbocycles. The maximum atomic E-state index is 12.0. The van der Waals surface area contributed by atoms with Gasteiger partial charge in [0, 0.05) is 0 Å². The van der Waals surface area contributed by atoms with Crippen LogP contribution in [-0.4, -0.2) is 19.3 Å². The normalized spacial score (nSPS) is 13.6. The first kappa shape index (κ1) is 18.8. The molecule has 1 unspecified atom stereocenters. The zero-order valence-corrected chi connectivity index (χ0v) is 10.5. The van der Waals surface area contributed by atoms with Crippen LogP contribution in [0.25, 0.3) is 0 Å². The minimum absolute atomic E-state index is 0. The number of ether oxygens (including phenoxy) is 2. The molecule has 0 saturated carbocycles. The minimum Gasteiger partial charge on any atom is -0.406 e. The van der Waals surface area contributed by atoms with Crippen LogP contribution in [-0.2, 0) is 4.74 Å². The maximum Gasteiger partial charge on any atom is 0.573 e. The van der Waals surface area contributed by atoms with Crippen molar-refractivity contribution in [2.75, 3.05) is 6.61 Å². The quantitative estimate of drug-likeness (QED) is 0.861. The molecular formula is C10H10ClF6NO2. The predicted molar refractivity (Wildman–Crippen MR) is 59.3 cm³/mol. The van der Waals surface area contributed by atoms with Crippen LogP contribution in [0.2, 0.25) is 0 Å². The Labute approximate surface area is 116 Å². The smallest absolute Gasteiger partial charge is 0.406 e. The number of nitrogens with two attached hydrogens (primary N) is 1. The second-order valence-electron chi connectivity index (χ2n) is 3.48. The Morgan fingerprint density at radius 3 is 2.15 bits per heavy atom. The van der Waals surface area contributed by atoms with Crippen molar-refractivity contribution in [1.29, 1.82) is 0 Å². The van der Waals surface area contributed by atoms with Crippen molar-refractivity contribution >= 4 is 12.4 Å². The molecule has 0 saturated heterocycles. The van der Waals surface area contributed by atoms with E-state index >= 15 is 0 Å². The Morgan fingerprint density at radius 1 is 1.05 bits per heavy atom. The fourth-order valence-corrected chi connectivity index (χ4v) is 1.22. The number of alkyl halides is 6. The van der Waals surface area contributed by atoms with Gasteiger partial charge in [-0.1, -0.05) is 12.1 Å². The molecule has 0 amide bonds. The number of halogens is 7. The van der Waals surface area contributed by atoms with Crippen LogP contribution >= 0.6 is 12.4 Å². The molecule has 1 aromatic rings. The number of rotatable bonds is 4. The molecule has 2 N–H and O–H groups in total. The third-order valence-electron chi connectivity index (χ3n) is 1.95. The third-order valence-corrected chi connectivity index (χ3v) is 1.95. The van der Waals surface area contributed by atoms with Gasteiger partial charge in [0.25, 0.3) is 0 Å². The number of hydrogen-bond acceptors (Lipinski definition) is 3. The molecule has 0 aromatic heterocycles. The Hall–Kier alpha value is -1.19. The SMILES string of the molecule is Cl.NC(COC(F)(F)F)c1cccc(OC(F)(F)F)c1. The van der Waals surface area contributed by atoms with Crippen molar-refractivity contribution in [3.8, 4) is 5.75 Å². The Balaban J connectivity index is 0.00000361. The summed E-state index contributed by atoms with van der Waals surface area (Å²) < 4.78 is 78.3. The van der Waals surface area contributed by atoms with Gasteiger partial charge in [-0.15, -0.1) is 38.7 Å². The van der Waals surface area contributed by atoms with E-state index in [2.05, 4.69) is 9.47 Å². The summed E-state index contributed by atoms with van der Waals surface area (Å²) in [5.74, 6) is -0.563. The second-order valence-corrected chi connectivity index (χ2v) is 3.48. The monoisotopic (exact) mass is 325 g/mol. The highest BCUT2D eigenvalue weighted by Crippen LogP contribution is 2.26. The van der Waals surface area contributed by atoms with E-state index in [4.69, 9.17) is 5.73 Å². The molecule has 1 rings (SSSR count). The van der Waals surface area contributed by atoms with E-state index in [-0.39, 0.29) is 18.0 Å². The van der Waals surface area contributed by atoms with Gasteiger partial charge < -0.3 is 10.5 Å². The lowest BCUT2D eigenvalue weighted by atomic mass is 10.1. The van der Waals surface area contributed by atoms with Gasteiger partial charge in [-0.3, -0.25) is 4.74 Å². The van der Waals surface area contributed by atoms with E-state index in [1.165, 1.54) is 12.1 Å². The van der Waals surface area contributed by atoms with Gasteiger partial charge in [0.05, 0.1) is 12.6 Å². The van der Waals surface area contributed by atoms with Crippen LogP contribution in [0.3, 0.4) is 0 Å². The molecule has 0 fully saturated rings. The molecule has 0 aliphatic rings. The van der Waals surface area contributed by atoms with Crippen molar-refractivity contribution in [3.05, 3.63) is 29.8 Å². The highest BCUT2D eigenvalue weighted by molar-refractivity contribution is 5.85. The summed E-state index contributed by atoms with van der Waals surface area (Å²) in [7, 11) is 0. The molecule has 0 spiro atoms. The van der Waals surface area contributed by atoms with Gasteiger partial charge >= 0.3 is 12.7 Å². The van der Waals surface area contributed by atoms with Crippen molar-refractivity contribution < 1.29 is 35.8 Å². The summed E-state index contributed by atoms with van der Waals surface area (Å²) in [6, 6.07) is 3.14. The fourth-order valence-electron chi connectivity index (χ4n) is 1.22. The standard InChI is InChI=1S/C10H9F6NO2.ClH/c11-9(12,13)18-5-8(17)6-2-1-3-7(4-6)19-10(14,15)16;/h1-4,8H,5,17H2;1H. The summed E-state index contributed by atoms with van der Waals surface area (Å²) in [5, 5.41) is 0. The van der Waals surface area contributed by atoms with Gasteiger partial charge in [0.2, 0.25) is 0 Å². The summed E-state index contributed by atoms with van der Waals surface area (Å²) in [6.07, 6.45) is -9.73. The number of hydrogen-bond donors (Lipinski definition) is 1. The molecule has 10 heteroatoms. The molecule has 20 heavy (non-hydrogen) atoms. The lowest BCUT2D eigenvalue weighted by Crippen LogP contribution is -2.23. The van der Waals surface area contributed by atoms with Crippen LogP contribution in [0, 0.1) is 0 Å². The van der Waals surface area contributed by atoms with Crippen LogP contribution in [0.4, 0.5) is 26.3 Å². The first-order valence-corrected chi connectivity index (χ1v) is 4.89. The van der Waals surface area contributed by atoms with Gasteiger partial charge in [-0.05, 0) is 17.7 Å². The van der Waals surface area contributed by atoms with Crippen molar-refractivity contribution in [3.63, 3.8) is 0 Å². The zero-order valence-electron chi connectivity index (χ0n) is 9.66. The second kappa shape index (κ2) is 7.00. The van der Waals surface area contributed by atoms with E-state index in [1.54, 1.807) is 0 Å². The largest absolute Gasteiger partial charge is 0.573 e. The molecule has 0 heterocycles. The van der Waals surface area contributed by atoms with Crippen LogP contribution < -0.4 is 10.5 Å². The molecule has 0 aliphatic carbocycles. The highest BCUT2D eigenvalue weighted by atomic mass is 35.5. The van der Waals surface area contributed by atoms with Gasteiger partial charge in [-0.25, -0.2) is 0 Å². The first-order chi connectivity index (χ1) is 8.57. The molecule has 0 aliphatic heterocycles. The van der Waals surface area contributed by atoms with Crippen LogP contribution in [0.15, 0.2) is 24.3 Å². The predicted octanol–water partition coefficient (Wildman–Crippen LogP) is 3.54. The Bertz CT molecular complexity index is 423. The summed E-state index contributed by atoms with van der Waals surface area (Å²) in [5.41, 5.74) is 5.41. The Morgan fingerprint density at radius 2 is 1.65 bits per heavy atom. The van der Waals surface area contributed by atoms with E-state index in [1.807, 2.05) is 0 Å². The summed E-state index contributed by atoms with van der Waals surface area (Å²) in [4.78, 5) is 0. The van der Waals surface area contributed by atoms with Crippen molar-refractivity contribution in [2.45, 2.75) is 18.8 Å². The molecule has 3 nitrogen and oxygen atoms in total.